The van der Waals surface area contributed by atoms with Gasteiger partial charge < -0.3 is 10.0 Å². The van der Waals surface area contributed by atoms with Gasteiger partial charge in [-0.05, 0) is 32.4 Å². The first-order chi connectivity index (χ1) is 8.43. The van der Waals surface area contributed by atoms with Crippen molar-refractivity contribution in [2.75, 3.05) is 25.4 Å². The molecule has 0 spiro atoms. The number of rotatable bonds is 7. The highest BCUT2D eigenvalue weighted by Crippen LogP contribution is 2.11. The molecule has 114 valence electrons. The van der Waals surface area contributed by atoms with E-state index in [1.54, 1.807) is 0 Å². The van der Waals surface area contributed by atoms with Crippen LogP contribution in [0, 0.1) is 0 Å². The minimum atomic E-state index is -3.14. The van der Waals surface area contributed by atoms with Crippen LogP contribution in [0.1, 0.15) is 32.6 Å². The number of likely N-dealkylation sites (tertiary alicyclic amines) is 1. The van der Waals surface area contributed by atoms with E-state index >= 15 is 0 Å². The molecule has 1 aliphatic rings. The van der Waals surface area contributed by atoms with Crippen LogP contribution in [0.15, 0.2) is 0 Å². The minimum Gasteiger partial charge on any atom is -0.481 e. The summed E-state index contributed by atoms with van der Waals surface area (Å²) in [5, 5.41) is 8.59. The first-order valence-corrected chi connectivity index (χ1v) is 8.02. The number of carboxylic acids is 1. The quantitative estimate of drug-likeness (QED) is 0.721. The van der Waals surface area contributed by atoms with E-state index in [0.29, 0.717) is 13.0 Å². The van der Waals surface area contributed by atoms with Crippen LogP contribution in [-0.4, -0.2) is 55.8 Å². The average Bonchev–Trinajstić information content (AvgIpc) is 2.27. The number of nitrogens with one attached hydrogen (secondary N) is 1. The first-order valence-electron chi connectivity index (χ1n) is 6.37. The van der Waals surface area contributed by atoms with Crippen LogP contribution in [0.5, 0.6) is 0 Å². The molecule has 6 nitrogen and oxygen atoms in total. The fourth-order valence-corrected chi connectivity index (χ4v) is 3.51. The van der Waals surface area contributed by atoms with E-state index < -0.39 is 16.0 Å². The van der Waals surface area contributed by atoms with Crippen molar-refractivity contribution in [1.82, 2.24) is 9.62 Å². The number of hydrogen-bond donors (Lipinski definition) is 2. The summed E-state index contributed by atoms with van der Waals surface area (Å²) in [7, 11) is -3.14. The van der Waals surface area contributed by atoms with Crippen molar-refractivity contribution < 1.29 is 18.3 Å². The van der Waals surface area contributed by atoms with Crippen molar-refractivity contribution >= 4 is 28.4 Å². The summed E-state index contributed by atoms with van der Waals surface area (Å²) in [6.07, 6.45) is 2.27. The number of carbonyl (C=O) groups is 1. The van der Waals surface area contributed by atoms with Gasteiger partial charge in [-0.15, -0.1) is 12.4 Å². The number of carboxylic acid groups (broad SMARTS) is 1. The molecule has 8 heteroatoms. The highest BCUT2D eigenvalue weighted by molar-refractivity contribution is 7.89. The van der Waals surface area contributed by atoms with Gasteiger partial charge in [0.15, 0.2) is 0 Å². The molecule has 0 unspecified atom stereocenters. The fraction of sp³-hybridized carbons (Fsp3) is 0.909. The largest absolute Gasteiger partial charge is 0.481 e. The summed E-state index contributed by atoms with van der Waals surface area (Å²) in [6, 6.07) is 0.00243. The maximum atomic E-state index is 11.6. The topological polar surface area (TPSA) is 86.7 Å². The normalized spacial score (nSPS) is 17.9. The summed E-state index contributed by atoms with van der Waals surface area (Å²) < 4.78 is 25.9. The van der Waals surface area contributed by atoms with Crippen molar-refractivity contribution in [3.8, 4) is 0 Å². The molecule has 1 fully saturated rings. The van der Waals surface area contributed by atoms with Crippen molar-refractivity contribution in [2.24, 2.45) is 0 Å². The Morgan fingerprint density at radius 2 is 1.95 bits per heavy atom. The second kappa shape index (κ2) is 8.73. The molecular weight excluding hydrogens is 292 g/mol. The van der Waals surface area contributed by atoms with Crippen LogP contribution >= 0.6 is 12.4 Å². The van der Waals surface area contributed by atoms with E-state index in [4.69, 9.17) is 5.11 Å². The Labute approximate surface area is 121 Å². The van der Waals surface area contributed by atoms with Crippen LogP contribution in [0.2, 0.25) is 0 Å². The molecule has 19 heavy (non-hydrogen) atoms. The van der Waals surface area contributed by atoms with Crippen LogP contribution in [0.25, 0.3) is 0 Å². The minimum absolute atomic E-state index is 0. The zero-order valence-corrected chi connectivity index (χ0v) is 12.8. The molecule has 0 aromatic heterocycles. The Morgan fingerprint density at radius 1 is 1.37 bits per heavy atom. The molecule has 1 aliphatic heterocycles. The number of aliphatic carboxylic acids is 1. The molecule has 0 aliphatic carbocycles. The summed E-state index contributed by atoms with van der Waals surface area (Å²) in [5.41, 5.74) is 0. The molecular formula is C11H23ClN2O4S. The third-order valence-electron chi connectivity index (χ3n) is 3.05. The van der Waals surface area contributed by atoms with Gasteiger partial charge in [0.05, 0.1) is 12.2 Å². The van der Waals surface area contributed by atoms with Gasteiger partial charge in [0, 0.05) is 12.6 Å². The Balaban J connectivity index is 0.00000324. The molecule has 0 aromatic rings. The van der Waals surface area contributed by atoms with E-state index in [2.05, 4.69) is 9.62 Å². The molecule has 0 bridgehead atoms. The van der Waals surface area contributed by atoms with E-state index in [1.807, 2.05) is 6.92 Å². The molecule has 0 atom stereocenters. The van der Waals surface area contributed by atoms with E-state index in [1.165, 1.54) is 0 Å². The Bertz CT molecular complexity index is 367. The predicted octanol–water partition coefficient (Wildman–Crippen LogP) is 0.677. The van der Waals surface area contributed by atoms with Crippen LogP contribution in [0.3, 0.4) is 0 Å². The molecule has 1 heterocycles. The SMILES string of the molecule is CCCS(=O)(=O)NC1CCN(CCC(=O)O)CC1.Cl. The van der Waals surface area contributed by atoms with Gasteiger partial charge in [0.2, 0.25) is 10.0 Å². The number of piperidine rings is 1. The highest BCUT2D eigenvalue weighted by Gasteiger charge is 2.23. The maximum Gasteiger partial charge on any atom is 0.304 e. The fourth-order valence-electron chi connectivity index (χ4n) is 2.11. The van der Waals surface area contributed by atoms with Crippen molar-refractivity contribution in [2.45, 2.75) is 38.6 Å². The molecule has 0 radical (unpaired) electrons. The van der Waals surface area contributed by atoms with E-state index in [9.17, 15) is 13.2 Å². The Morgan fingerprint density at radius 3 is 2.42 bits per heavy atom. The number of sulfonamides is 1. The number of hydrogen-bond acceptors (Lipinski definition) is 4. The molecule has 0 aromatic carbocycles. The number of halogens is 1. The highest BCUT2D eigenvalue weighted by atomic mass is 35.5. The zero-order valence-electron chi connectivity index (χ0n) is 11.2. The Hall–Kier alpha value is -0.370. The van der Waals surface area contributed by atoms with Gasteiger partial charge in [-0.3, -0.25) is 4.79 Å². The summed E-state index contributed by atoms with van der Waals surface area (Å²) in [4.78, 5) is 12.5. The lowest BCUT2D eigenvalue weighted by atomic mass is 10.1. The van der Waals surface area contributed by atoms with Gasteiger partial charge in [-0.25, -0.2) is 13.1 Å². The lowest BCUT2D eigenvalue weighted by Crippen LogP contribution is -2.45. The third kappa shape index (κ3) is 7.71. The second-order valence-corrected chi connectivity index (χ2v) is 6.57. The summed E-state index contributed by atoms with van der Waals surface area (Å²) in [6.45, 7) is 3.90. The first kappa shape index (κ1) is 18.6. The van der Waals surface area contributed by atoms with Crippen LogP contribution in [0.4, 0.5) is 0 Å². The van der Waals surface area contributed by atoms with Gasteiger partial charge in [-0.1, -0.05) is 6.92 Å². The average molecular weight is 315 g/mol. The third-order valence-corrected chi connectivity index (χ3v) is 4.69. The van der Waals surface area contributed by atoms with Gasteiger partial charge in [-0.2, -0.15) is 0 Å². The summed E-state index contributed by atoms with van der Waals surface area (Å²) in [5.74, 6) is -0.618. The van der Waals surface area contributed by atoms with Crippen molar-refractivity contribution in [3.63, 3.8) is 0 Å². The second-order valence-electron chi connectivity index (χ2n) is 4.70. The Kier molecular flexibility index (Phi) is 8.56. The molecule has 1 rings (SSSR count). The maximum absolute atomic E-state index is 11.6. The zero-order chi connectivity index (χ0) is 13.6. The van der Waals surface area contributed by atoms with Crippen LogP contribution < -0.4 is 4.72 Å². The standard InChI is InChI=1S/C11H22N2O4S.ClH/c1-2-9-18(16,17)12-10-3-6-13(7-4-10)8-5-11(14)15;/h10,12H,2-9H2,1H3,(H,14,15);1H. The van der Waals surface area contributed by atoms with Gasteiger partial charge in [0.1, 0.15) is 0 Å². The molecule has 2 N–H and O–H groups in total. The lowest BCUT2D eigenvalue weighted by Gasteiger charge is -2.31. The van der Waals surface area contributed by atoms with E-state index in [0.717, 1.165) is 25.9 Å². The monoisotopic (exact) mass is 314 g/mol. The van der Waals surface area contributed by atoms with Gasteiger partial charge in [0.25, 0.3) is 0 Å². The summed E-state index contributed by atoms with van der Waals surface area (Å²) >= 11 is 0. The smallest absolute Gasteiger partial charge is 0.304 e. The number of nitrogens with zero attached hydrogens (tertiary/aromatic N) is 1. The predicted molar refractivity (Wildman–Crippen MR) is 76.2 cm³/mol. The lowest BCUT2D eigenvalue weighted by molar-refractivity contribution is -0.137. The van der Waals surface area contributed by atoms with Crippen molar-refractivity contribution in [1.29, 1.82) is 0 Å². The molecule has 1 saturated heterocycles. The molecule has 0 amide bonds. The van der Waals surface area contributed by atoms with E-state index in [-0.39, 0.29) is 30.6 Å². The van der Waals surface area contributed by atoms with Crippen LogP contribution in [-0.2, 0) is 14.8 Å². The molecule has 0 saturated carbocycles. The van der Waals surface area contributed by atoms with Crippen molar-refractivity contribution in [3.05, 3.63) is 0 Å². The van der Waals surface area contributed by atoms with Gasteiger partial charge >= 0.3 is 5.97 Å².